The lowest BCUT2D eigenvalue weighted by Gasteiger charge is -2.10. The van der Waals surface area contributed by atoms with Gasteiger partial charge in [-0.05, 0) is 26.0 Å². The van der Waals surface area contributed by atoms with Crippen molar-refractivity contribution in [3.63, 3.8) is 0 Å². The predicted molar refractivity (Wildman–Crippen MR) is 77.6 cm³/mol. The van der Waals surface area contributed by atoms with Crippen LogP contribution in [0.5, 0.6) is 0 Å². The molecule has 114 valence electrons. The fraction of sp³-hybridized carbons (Fsp3) is 0.273. The molecule has 0 fully saturated rings. The van der Waals surface area contributed by atoms with Gasteiger partial charge < -0.3 is 10.2 Å². The molecule has 2 heterocycles. The fourth-order valence-corrected chi connectivity index (χ4v) is 4.13. The monoisotopic (exact) mass is 331 g/mol. The first-order valence-corrected chi connectivity index (χ1v) is 8.13. The van der Waals surface area contributed by atoms with Crippen molar-refractivity contribution in [3.8, 4) is 0 Å². The maximum atomic E-state index is 12.2. The third-order valence-electron chi connectivity index (χ3n) is 2.70. The lowest BCUT2D eigenvalue weighted by Crippen LogP contribution is -2.25. The summed E-state index contributed by atoms with van der Waals surface area (Å²) in [5, 5.41) is 10.6. The highest BCUT2D eigenvalue weighted by atomic mass is 32.2. The number of nitrogens with one attached hydrogen (secondary N) is 1. The molecule has 0 aromatic carbocycles. The Morgan fingerprint density at radius 3 is 2.62 bits per heavy atom. The van der Waals surface area contributed by atoms with Crippen LogP contribution < -0.4 is 10.5 Å². The van der Waals surface area contributed by atoms with Gasteiger partial charge in [-0.3, -0.25) is 10.1 Å². The Labute approximate surface area is 124 Å². The molecule has 2 aromatic rings. The van der Waals surface area contributed by atoms with E-state index in [1.807, 2.05) is 0 Å². The first-order chi connectivity index (χ1) is 9.70. The van der Waals surface area contributed by atoms with E-state index in [9.17, 15) is 18.5 Å². The number of rotatable bonds is 5. The van der Waals surface area contributed by atoms with Crippen molar-refractivity contribution in [2.75, 3.05) is 5.73 Å². The number of nitrogens with two attached hydrogens (primary N) is 1. The summed E-state index contributed by atoms with van der Waals surface area (Å²) in [5.41, 5.74) is 5.04. The standard InChI is InChI=1S/C11H13N3O5S2/c1-6-3-4-9(19-6)7(2)13-21(17,18)10-5-8(14(15)16)11(12)20-10/h3-5,7,13H,12H2,1-2H3. The van der Waals surface area contributed by atoms with Crippen LogP contribution in [0, 0.1) is 17.0 Å². The van der Waals surface area contributed by atoms with Crippen molar-refractivity contribution in [1.82, 2.24) is 4.72 Å². The summed E-state index contributed by atoms with van der Waals surface area (Å²) in [6, 6.07) is 3.72. The highest BCUT2D eigenvalue weighted by Crippen LogP contribution is 2.34. The number of hydrogen-bond donors (Lipinski definition) is 2. The molecule has 1 atom stereocenters. The second kappa shape index (κ2) is 5.47. The molecular formula is C11H13N3O5S2. The molecule has 8 nitrogen and oxygen atoms in total. The molecule has 0 saturated heterocycles. The fourth-order valence-electron chi connectivity index (χ4n) is 1.68. The van der Waals surface area contributed by atoms with Crippen LogP contribution in [0.2, 0.25) is 0 Å². The van der Waals surface area contributed by atoms with E-state index in [1.54, 1.807) is 26.0 Å². The second-order valence-electron chi connectivity index (χ2n) is 4.36. The topological polar surface area (TPSA) is 128 Å². The van der Waals surface area contributed by atoms with Crippen LogP contribution in [0.25, 0.3) is 0 Å². The smallest absolute Gasteiger partial charge is 0.304 e. The van der Waals surface area contributed by atoms with Crippen molar-refractivity contribution >= 4 is 32.0 Å². The number of thiophene rings is 1. The average molecular weight is 331 g/mol. The van der Waals surface area contributed by atoms with E-state index in [2.05, 4.69) is 4.72 Å². The summed E-state index contributed by atoms with van der Waals surface area (Å²) >= 11 is 0.647. The largest absolute Gasteiger partial charge is 0.465 e. The summed E-state index contributed by atoms with van der Waals surface area (Å²) in [4.78, 5) is 9.99. The Morgan fingerprint density at radius 2 is 2.14 bits per heavy atom. The zero-order chi connectivity index (χ0) is 15.8. The van der Waals surface area contributed by atoms with Gasteiger partial charge in [0.05, 0.1) is 11.0 Å². The van der Waals surface area contributed by atoms with E-state index in [0.29, 0.717) is 22.9 Å². The Morgan fingerprint density at radius 1 is 1.48 bits per heavy atom. The van der Waals surface area contributed by atoms with Crippen LogP contribution in [-0.2, 0) is 10.0 Å². The third-order valence-corrected chi connectivity index (χ3v) is 5.67. The summed E-state index contributed by atoms with van der Waals surface area (Å²) < 4.78 is 31.9. The van der Waals surface area contributed by atoms with Gasteiger partial charge in [0, 0.05) is 6.07 Å². The first-order valence-electron chi connectivity index (χ1n) is 5.83. The van der Waals surface area contributed by atoms with Crippen LogP contribution in [0.3, 0.4) is 0 Å². The first kappa shape index (κ1) is 15.5. The number of nitro groups is 1. The Hall–Kier alpha value is -1.91. The molecule has 1 unspecified atom stereocenters. The van der Waals surface area contributed by atoms with Gasteiger partial charge in [0.2, 0.25) is 0 Å². The van der Waals surface area contributed by atoms with Crippen LogP contribution in [-0.4, -0.2) is 13.3 Å². The maximum Gasteiger partial charge on any atom is 0.304 e. The zero-order valence-corrected chi connectivity index (χ0v) is 12.8. The van der Waals surface area contributed by atoms with Crippen LogP contribution >= 0.6 is 11.3 Å². The highest BCUT2D eigenvalue weighted by molar-refractivity contribution is 7.91. The summed E-state index contributed by atoms with van der Waals surface area (Å²) in [5.74, 6) is 1.11. The van der Waals surface area contributed by atoms with Crippen LogP contribution in [0.15, 0.2) is 26.8 Å². The lowest BCUT2D eigenvalue weighted by atomic mass is 10.3. The average Bonchev–Trinajstić information content (AvgIpc) is 2.95. The zero-order valence-electron chi connectivity index (χ0n) is 11.2. The van der Waals surface area contributed by atoms with Gasteiger partial charge in [0.1, 0.15) is 15.7 Å². The lowest BCUT2D eigenvalue weighted by molar-refractivity contribution is -0.383. The van der Waals surface area contributed by atoms with E-state index in [1.165, 1.54) is 0 Å². The van der Waals surface area contributed by atoms with Gasteiger partial charge in [0.15, 0.2) is 5.00 Å². The van der Waals surface area contributed by atoms with Gasteiger partial charge in [0.25, 0.3) is 10.0 Å². The van der Waals surface area contributed by atoms with Crippen LogP contribution in [0.4, 0.5) is 10.7 Å². The number of hydrogen-bond acceptors (Lipinski definition) is 7. The molecule has 2 rings (SSSR count). The van der Waals surface area contributed by atoms with Gasteiger partial charge in [-0.15, -0.1) is 0 Å². The van der Waals surface area contributed by atoms with E-state index in [-0.39, 0.29) is 9.21 Å². The molecule has 3 N–H and O–H groups in total. The SMILES string of the molecule is Cc1ccc(C(C)NS(=O)(=O)c2cc([N+](=O)[O-])c(N)s2)o1. The number of sulfonamides is 1. The molecule has 0 aliphatic carbocycles. The van der Waals surface area contributed by atoms with E-state index >= 15 is 0 Å². The number of furan rings is 1. The molecule has 10 heteroatoms. The van der Waals surface area contributed by atoms with Gasteiger partial charge in [-0.25, -0.2) is 13.1 Å². The number of nitrogen functional groups attached to an aromatic ring is 1. The second-order valence-corrected chi connectivity index (χ2v) is 7.39. The van der Waals surface area contributed by atoms with E-state index in [4.69, 9.17) is 10.2 Å². The third kappa shape index (κ3) is 3.23. The van der Waals surface area contributed by atoms with Crippen molar-refractivity contribution in [1.29, 1.82) is 0 Å². The Balaban J connectivity index is 2.26. The number of aryl methyl sites for hydroxylation is 1. The molecule has 0 bridgehead atoms. The Bertz CT molecular complexity index is 778. The maximum absolute atomic E-state index is 12.2. The van der Waals surface area contributed by atoms with E-state index < -0.39 is 26.7 Å². The van der Waals surface area contributed by atoms with Crippen molar-refractivity contribution in [3.05, 3.63) is 39.8 Å². The molecule has 0 aliphatic rings. The minimum atomic E-state index is -3.91. The Kier molecular flexibility index (Phi) is 4.03. The predicted octanol–water partition coefficient (Wildman–Crippen LogP) is 2.18. The quantitative estimate of drug-likeness (QED) is 0.638. The highest BCUT2D eigenvalue weighted by Gasteiger charge is 2.27. The molecule has 0 spiro atoms. The van der Waals surface area contributed by atoms with Gasteiger partial charge in [-0.2, -0.15) is 0 Å². The van der Waals surface area contributed by atoms with Crippen molar-refractivity contribution < 1.29 is 17.8 Å². The normalized spacial score (nSPS) is 13.2. The molecule has 0 aliphatic heterocycles. The van der Waals surface area contributed by atoms with Crippen LogP contribution in [0.1, 0.15) is 24.5 Å². The molecule has 21 heavy (non-hydrogen) atoms. The number of nitrogens with zero attached hydrogens (tertiary/aromatic N) is 1. The molecule has 0 saturated carbocycles. The minimum Gasteiger partial charge on any atom is -0.465 e. The van der Waals surface area contributed by atoms with Crippen molar-refractivity contribution in [2.45, 2.75) is 24.1 Å². The molecular weight excluding hydrogens is 318 g/mol. The number of anilines is 1. The summed E-state index contributed by atoms with van der Waals surface area (Å²) in [6.07, 6.45) is 0. The molecule has 0 radical (unpaired) electrons. The minimum absolute atomic E-state index is 0.151. The van der Waals surface area contributed by atoms with Gasteiger partial charge >= 0.3 is 5.69 Å². The molecule has 2 aromatic heterocycles. The summed E-state index contributed by atoms with van der Waals surface area (Å²) in [7, 11) is -3.91. The van der Waals surface area contributed by atoms with E-state index in [0.717, 1.165) is 6.07 Å². The molecule has 0 amide bonds. The van der Waals surface area contributed by atoms with Crippen molar-refractivity contribution in [2.24, 2.45) is 0 Å². The van der Waals surface area contributed by atoms with Gasteiger partial charge in [-0.1, -0.05) is 11.3 Å². The summed E-state index contributed by atoms with van der Waals surface area (Å²) in [6.45, 7) is 3.36.